The first-order chi connectivity index (χ1) is 6.83. The maximum atomic E-state index is 3.42. The maximum absolute atomic E-state index is 3.42. The number of aryl methyl sites for hydroxylation is 1. The van der Waals surface area contributed by atoms with E-state index in [1.807, 2.05) is 0 Å². The van der Waals surface area contributed by atoms with Crippen LogP contribution in [0.3, 0.4) is 0 Å². The normalized spacial score (nSPS) is 9.50. The van der Waals surface area contributed by atoms with Crippen molar-refractivity contribution in [3.05, 3.63) is 20.8 Å². The van der Waals surface area contributed by atoms with Crippen LogP contribution in [-0.4, -0.2) is 0 Å². The molecule has 0 aromatic carbocycles. The van der Waals surface area contributed by atoms with E-state index in [4.69, 9.17) is 0 Å². The second kappa shape index (κ2) is 10.8. The van der Waals surface area contributed by atoms with Crippen molar-refractivity contribution in [2.45, 2.75) is 39.0 Å². The fourth-order valence-corrected chi connectivity index (χ4v) is 2.32. The minimum atomic E-state index is 1.13. The van der Waals surface area contributed by atoms with E-state index in [1.54, 1.807) is 11.3 Å². The summed E-state index contributed by atoms with van der Waals surface area (Å²) in [6.07, 6.45) is 6.55. The molecule has 0 saturated heterocycles. The van der Waals surface area contributed by atoms with Crippen molar-refractivity contribution < 1.29 is 16.3 Å². The molecule has 0 unspecified atom stereocenters. The Labute approximate surface area is 116 Å². The van der Waals surface area contributed by atoms with E-state index < -0.39 is 0 Å². The van der Waals surface area contributed by atoms with Gasteiger partial charge in [-0.05, 0) is 3.79 Å². The summed E-state index contributed by atoms with van der Waals surface area (Å²) in [5, 5.41) is 2.19. The van der Waals surface area contributed by atoms with Crippen molar-refractivity contribution >= 4 is 40.9 Å². The Kier molecular flexibility index (Phi) is 11.8. The van der Waals surface area contributed by atoms with E-state index in [-0.39, 0.29) is 0 Å². The summed E-state index contributed by atoms with van der Waals surface area (Å²) in [5.41, 5.74) is 1.36. The molecular weight excluding hydrogens is 377 g/mol. The van der Waals surface area contributed by atoms with Gasteiger partial charge in [-0.2, -0.15) is 5.38 Å². The average molecular weight is 391 g/mol. The Hall–Kier alpha value is 1.28. The van der Waals surface area contributed by atoms with Gasteiger partial charge in [-0.15, -0.1) is 0 Å². The van der Waals surface area contributed by atoms with Gasteiger partial charge < -0.3 is 0 Å². The average Bonchev–Trinajstić information content (AvgIpc) is 2.62. The van der Waals surface area contributed by atoms with Crippen LogP contribution in [-0.2, 0) is 22.8 Å². The van der Waals surface area contributed by atoms with Gasteiger partial charge in [0.05, 0.1) is 0 Å². The van der Waals surface area contributed by atoms with Crippen LogP contribution in [0.15, 0.2) is 9.17 Å². The third-order valence-corrected chi connectivity index (χ3v) is 3.33. The number of hydrogen-bond donors (Lipinski definition) is 0. The Bertz CT molecular complexity index is 226. The van der Waals surface area contributed by atoms with Crippen LogP contribution in [0.25, 0.3) is 0 Å². The first-order valence-corrected chi connectivity index (χ1v) is 13.4. The van der Waals surface area contributed by atoms with E-state index in [2.05, 4.69) is 47.9 Å². The fraction of sp³-hybridized carbons (Fsp3) is 0.600. The van der Waals surface area contributed by atoms with Crippen molar-refractivity contribution in [1.82, 2.24) is 0 Å². The molecule has 4 heteroatoms. The molecule has 0 spiro atoms. The van der Waals surface area contributed by atoms with Crippen LogP contribution in [0.1, 0.15) is 38.2 Å². The van der Waals surface area contributed by atoms with Crippen LogP contribution in [0.5, 0.6) is 0 Å². The standard InChI is InChI=1S/C10H14BrS.BrH.Zn/c1-2-3-4-5-6-9-7-10(11)12-8-9;;/h8H,2-6H2,1H3;1H;/q-1;;+2/p-1. The van der Waals surface area contributed by atoms with Gasteiger partial charge in [0.25, 0.3) is 0 Å². The molecule has 1 aromatic rings. The van der Waals surface area contributed by atoms with Crippen LogP contribution >= 0.6 is 40.9 Å². The molecule has 1 aromatic heterocycles. The van der Waals surface area contributed by atoms with Crippen LogP contribution < -0.4 is 0 Å². The second-order valence-corrected chi connectivity index (χ2v) is 5.17. The van der Waals surface area contributed by atoms with Crippen LogP contribution in [0.4, 0.5) is 0 Å². The predicted octanol–water partition coefficient (Wildman–Crippen LogP) is 5.28. The van der Waals surface area contributed by atoms with E-state index >= 15 is 0 Å². The molecule has 0 atom stereocenters. The molecule has 0 saturated carbocycles. The van der Waals surface area contributed by atoms with Gasteiger partial charge in [-0.3, -0.25) is 11.3 Å². The number of unbranched alkanes of at least 4 members (excludes halogenated alkanes) is 3. The summed E-state index contributed by atoms with van der Waals surface area (Å²) < 4.78 is 1.13. The third kappa shape index (κ3) is 7.56. The summed E-state index contributed by atoms with van der Waals surface area (Å²) in [7, 11) is 0. The Balaban J connectivity index is 0.000000791. The first kappa shape index (κ1) is 15.3. The molecule has 0 bridgehead atoms. The molecular formula is C10H14Br2SZn. The molecule has 0 N–H and O–H groups in total. The van der Waals surface area contributed by atoms with Gasteiger partial charge in [0, 0.05) is 0 Å². The molecule has 0 radical (unpaired) electrons. The van der Waals surface area contributed by atoms with Gasteiger partial charge in [-0.25, -0.2) is 11.6 Å². The Morgan fingerprint density at radius 3 is 2.57 bits per heavy atom. The fourth-order valence-electron chi connectivity index (χ4n) is 1.17. The predicted molar refractivity (Wildman–Crippen MR) is 67.6 cm³/mol. The van der Waals surface area contributed by atoms with Gasteiger partial charge in [0.15, 0.2) is 0 Å². The monoisotopic (exact) mass is 388 g/mol. The molecule has 0 amide bonds. The molecule has 1 heterocycles. The summed E-state index contributed by atoms with van der Waals surface area (Å²) >= 11 is 9.40. The molecule has 1 rings (SSSR count). The quantitative estimate of drug-likeness (QED) is 0.364. The Morgan fingerprint density at radius 2 is 2.07 bits per heavy atom. The van der Waals surface area contributed by atoms with Crippen molar-refractivity contribution in [2.24, 2.45) is 0 Å². The van der Waals surface area contributed by atoms with E-state index in [1.165, 1.54) is 54.0 Å². The summed E-state index contributed by atoms with van der Waals surface area (Å²) in [6.45, 7) is 2.24. The molecule has 0 fully saturated rings. The number of hydrogen-bond acceptors (Lipinski definition) is 1. The second-order valence-electron chi connectivity index (χ2n) is 2.97. The first-order valence-electron chi connectivity index (χ1n) is 4.75. The summed E-state index contributed by atoms with van der Waals surface area (Å²) in [4.78, 5) is 0. The molecule has 0 nitrogen and oxygen atoms in total. The van der Waals surface area contributed by atoms with Gasteiger partial charge in [0.2, 0.25) is 0 Å². The van der Waals surface area contributed by atoms with E-state index in [0.717, 1.165) is 3.79 Å². The van der Waals surface area contributed by atoms with Crippen molar-refractivity contribution in [1.29, 1.82) is 0 Å². The molecule has 0 aliphatic rings. The SMILES string of the molecule is CCCCCCc1[c-]c(Br)sc1.[Zn+][Br]. The van der Waals surface area contributed by atoms with E-state index in [9.17, 15) is 0 Å². The van der Waals surface area contributed by atoms with Gasteiger partial charge >= 0.3 is 30.0 Å². The zero-order valence-corrected chi connectivity index (χ0v) is 15.4. The summed E-state index contributed by atoms with van der Waals surface area (Å²) in [6, 6.07) is 3.29. The zero-order chi connectivity index (χ0) is 10.8. The van der Waals surface area contributed by atoms with Crippen LogP contribution in [0.2, 0.25) is 0 Å². The molecule has 0 aliphatic carbocycles. The van der Waals surface area contributed by atoms with E-state index in [0.29, 0.717) is 0 Å². The van der Waals surface area contributed by atoms with Gasteiger partial charge in [-0.1, -0.05) is 55.0 Å². The minimum absolute atomic E-state index is 1.13. The van der Waals surface area contributed by atoms with Gasteiger partial charge in [0.1, 0.15) is 0 Å². The molecule has 0 aliphatic heterocycles. The van der Waals surface area contributed by atoms with Crippen molar-refractivity contribution in [3.63, 3.8) is 0 Å². The third-order valence-electron chi connectivity index (χ3n) is 1.86. The number of halogens is 2. The number of thiophene rings is 1. The topological polar surface area (TPSA) is 0 Å². The number of rotatable bonds is 5. The van der Waals surface area contributed by atoms with Crippen molar-refractivity contribution in [2.75, 3.05) is 0 Å². The van der Waals surface area contributed by atoms with Crippen LogP contribution in [0, 0.1) is 6.07 Å². The summed E-state index contributed by atoms with van der Waals surface area (Å²) in [5.74, 6) is 0. The molecule has 76 valence electrons. The Morgan fingerprint density at radius 1 is 1.36 bits per heavy atom. The molecule has 14 heavy (non-hydrogen) atoms. The zero-order valence-electron chi connectivity index (χ0n) is 8.48. The van der Waals surface area contributed by atoms with Crippen molar-refractivity contribution in [3.8, 4) is 0 Å².